The molecule has 0 aromatic heterocycles. The molecule has 0 bridgehead atoms. The molecule has 0 radical (unpaired) electrons. The molecule has 1 aromatic carbocycles. The summed E-state index contributed by atoms with van der Waals surface area (Å²) < 4.78 is 5.39. The van der Waals surface area contributed by atoms with E-state index in [1.807, 2.05) is 7.11 Å². The predicted molar refractivity (Wildman–Crippen MR) is 97.4 cm³/mol. The lowest BCUT2D eigenvalue weighted by Crippen LogP contribution is -2.51. The highest BCUT2D eigenvalue weighted by Crippen LogP contribution is 2.21. The SMILES string of the molecule is CCCC[C@@H](NN1CCC[C@H]1COC)[C@H](C)Cc1ccccc1. The fourth-order valence-electron chi connectivity index (χ4n) is 3.61. The van der Waals surface area contributed by atoms with Gasteiger partial charge in [0.05, 0.1) is 6.61 Å². The number of benzene rings is 1. The molecule has 1 aliphatic rings. The van der Waals surface area contributed by atoms with Gasteiger partial charge < -0.3 is 4.74 Å². The van der Waals surface area contributed by atoms with Crippen LogP contribution in [0.15, 0.2) is 30.3 Å². The lowest BCUT2D eigenvalue weighted by Gasteiger charge is -2.33. The maximum atomic E-state index is 5.39. The van der Waals surface area contributed by atoms with Crippen LogP contribution in [0.4, 0.5) is 0 Å². The Bertz CT molecular complexity index is 423. The Morgan fingerprint density at radius 1 is 1.30 bits per heavy atom. The quantitative estimate of drug-likeness (QED) is 0.704. The van der Waals surface area contributed by atoms with Crippen LogP contribution in [0, 0.1) is 5.92 Å². The number of unbranched alkanes of at least 4 members (excludes halogenated alkanes) is 1. The molecular formula is C20H34N2O. The van der Waals surface area contributed by atoms with E-state index in [1.165, 1.54) is 37.7 Å². The minimum Gasteiger partial charge on any atom is -0.383 e. The van der Waals surface area contributed by atoms with Gasteiger partial charge in [-0.15, -0.1) is 0 Å². The molecule has 1 heterocycles. The molecule has 1 fully saturated rings. The molecule has 1 N–H and O–H groups in total. The van der Waals surface area contributed by atoms with E-state index in [-0.39, 0.29) is 0 Å². The predicted octanol–water partition coefficient (Wildman–Crippen LogP) is 4.04. The van der Waals surface area contributed by atoms with E-state index in [1.54, 1.807) is 0 Å². The monoisotopic (exact) mass is 318 g/mol. The lowest BCUT2D eigenvalue weighted by molar-refractivity contribution is 0.0597. The first-order chi connectivity index (χ1) is 11.2. The number of methoxy groups -OCH3 is 1. The highest BCUT2D eigenvalue weighted by atomic mass is 16.5. The van der Waals surface area contributed by atoms with Crippen molar-refractivity contribution in [2.45, 2.75) is 64.5 Å². The summed E-state index contributed by atoms with van der Waals surface area (Å²) in [5.74, 6) is 0.632. The summed E-state index contributed by atoms with van der Waals surface area (Å²) in [5, 5.41) is 2.45. The maximum Gasteiger partial charge on any atom is 0.0632 e. The number of nitrogens with zero attached hydrogens (tertiary/aromatic N) is 1. The number of nitrogens with one attached hydrogen (secondary N) is 1. The van der Waals surface area contributed by atoms with Crippen LogP contribution in [-0.4, -0.2) is 37.4 Å². The molecule has 2 rings (SSSR count). The molecule has 0 aliphatic carbocycles. The smallest absolute Gasteiger partial charge is 0.0632 e. The van der Waals surface area contributed by atoms with E-state index in [2.05, 4.69) is 54.6 Å². The normalized spacial score (nSPS) is 21.4. The van der Waals surface area contributed by atoms with Crippen molar-refractivity contribution in [1.29, 1.82) is 0 Å². The Hall–Kier alpha value is -0.900. The average Bonchev–Trinajstić information content (AvgIpc) is 2.99. The standard InChI is InChI=1S/C20H34N2O/c1-4-5-13-20(17(2)15-18-10-7-6-8-11-18)21-22-14-9-12-19(22)16-23-3/h6-8,10-11,17,19-21H,4-5,9,12-16H2,1-3H3/t17-,19+,20-/m1/s1. The molecule has 0 amide bonds. The van der Waals surface area contributed by atoms with Crippen LogP contribution in [-0.2, 0) is 11.2 Å². The van der Waals surface area contributed by atoms with E-state index in [0.29, 0.717) is 18.0 Å². The summed E-state index contributed by atoms with van der Waals surface area (Å²) in [4.78, 5) is 0. The molecule has 1 aromatic rings. The zero-order chi connectivity index (χ0) is 16.5. The van der Waals surface area contributed by atoms with Crippen molar-refractivity contribution in [1.82, 2.24) is 10.4 Å². The van der Waals surface area contributed by atoms with Gasteiger partial charge in [-0.05, 0) is 37.2 Å². The third-order valence-corrected chi connectivity index (χ3v) is 5.02. The fraction of sp³-hybridized carbons (Fsp3) is 0.700. The lowest BCUT2D eigenvalue weighted by atomic mass is 9.91. The first kappa shape index (κ1) is 18.4. The number of rotatable bonds is 10. The van der Waals surface area contributed by atoms with Crippen molar-refractivity contribution >= 4 is 0 Å². The summed E-state index contributed by atoms with van der Waals surface area (Å²) in [6, 6.07) is 12.0. The van der Waals surface area contributed by atoms with Gasteiger partial charge in [0.25, 0.3) is 0 Å². The van der Waals surface area contributed by atoms with Crippen molar-refractivity contribution in [2.24, 2.45) is 5.92 Å². The molecule has 3 atom stereocenters. The van der Waals surface area contributed by atoms with Crippen LogP contribution in [0.5, 0.6) is 0 Å². The van der Waals surface area contributed by atoms with Crippen LogP contribution in [0.25, 0.3) is 0 Å². The van der Waals surface area contributed by atoms with Gasteiger partial charge in [-0.3, -0.25) is 5.43 Å². The number of hydrogen-bond acceptors (Lipinski definition) is 3. The highest BCUT2D eigenvalue weighted by molar-refractivity contribution is 5.15. The van der Waals surface area contributed by atoms with Gasteiger partial charge in [-0.1, -0.05) is 57.0 Å². The topological polar surface area (TPSA) is 24.5 Å². The molecule has 3 heteroatoms. The van der Waals surface area contributed by atoms with Crippen LogP contribution in [0.1, 0.15) is 51.5 Å². The highest BCUT2D eigenvalue weighted by Gasteiger charge is 2.28. The van der Waals surface area contributed by atoms with Crippen LogP contribution >= 0.6 is 0 Å². The van der Waals surface area contributed by atoms with E-state index in [9.17, 15) is 0 Å². The second kappa shape index (κ2) is 10.1. The Balaban J connectivity index is 1.95. The van der Waals surface area contributed by atoms with Crippen molar-refractivity contribution in [3.05, 3.63) is 35.9 Å². The molecule has 23 heavy (non-hydrogen) atoms. The van der Waals surface area contributed by atoms with Gasteiger partial charge >= 0.3 is 0 Å². The van der Waals surface area contributed by atoms with Gasteiger partial charge in [0.1, 0.15) is 0 Å². The van der Waals surface area contributed by atoms with Gasteiger partial charge in [0, 0.05) is 25.7 Å². The van der Waals surface area contributed by atoms with Crippen molar-refractivity contribution in [2.75, 3.05) is 20.3 Å². The summed E-state index contributed by atoms with van der Waals surface area (Å²) in [6.07, 6.45) is 7.46. The van der Waals surface area contributed by atoms with Crippen molar-refractivity contribution in [3.63, 3.8) is 0 Å². The van der Waals surface area contributed by atoms with Gasteiger partial charge in [0.15, 0.2) is 0 Å². The zero-order valence-corrected chi connectivity index (χ0v) is 15.1. The van der Waals surface area contributed by atoms with E-state index in [0.717, 1.165) is 19.6 Å². The van der Waals surface area contributed by atoms with Gasteiger partial charge in [-0.25, -0.2) is 5.01 Å². The Labute approximate surface area is 142 Å². The van der Waals surface area contributed by atoms with Crippen LogP contribution in [0.3, 0.4) is 0 Å². The summed E-state index contributed by atoms with van der Waals surface area (Å²) in [7, 11) is 1.81. The number of hydrogen-bond donors (Lipinski definition) is 1. The molecule has 0 spiro atoms. The molecule has 1 saturated heterocycles. The molecular weight excluding hydrogens is 284 g/mol. The zero-order valence-electron chi connectivity index (χ0n) is 15.1. The van der Waals surface area contributed by atoms with Crippen LogP contribution in [0.2, 0.25) is 0 Å². The third-order valence-electron chi connectivity index (χ3n) is 5.02. The molecule has 0 unspecified atom stereocenters. The van der Waals surface area contributed by atoms with E-state index < -0.39 is 0 Å². The summed E-state index contributed by atoms with van der Waals surface area (Å²) in [5.41, 5.74) is 5.30. The Morgan fingerprint density at radius 2 is 2.09 bits per heavy atom. The summed E-state index contributed by atoms with van der Waals surface area (Å²) in [6.45, 7) is 6.65. The Morgan fingerprint density at radius 3 is 2.78 bits per heavy atom. The number of hydrazine groups is 1. The van der Waals surface area contributed by atoms with Gasteiger partial charge in [0.2, 0.25) is 0 Å². The fourth-order valence-corrected chi connectivity index (χ4v) is 3.61. The average molecular weight is 319 g/mol. The molecule has 130 valence electrons. The van der Waals surface area contributed by atoms with E-state index in [4.69, 9.17) is 4.74 Å². The van der Waals surface area contributed by atoms with E-state index >= 15 is 0 Å². The number of ether oxygens (including phenoxy) is 1. The third kappa shape index (κ3) is 5.91. The minimum atomic E-state index is 0.535. The Kier molecular flexibility index (Phi) is 8.07. The first-order valence-electron chi connectivity index (χ1n) is 9.30. The second-order valence-electron chi connectivity index (χ2n) is 6.99. The van der Waals surface area contributed by atoms with Crippen molar-refractivity contribution < 1.29 is 4.74 Å². The van der Waals surface area contributed by atoms with Gasteiger partial charge in [-0.2, -0.15) is 0 Å². The van der Waals surface area contributed by atoms with Crippen LogP contribution < -0.4 is 5.43 Å². The molecule has 1 aliphatic heterocycles. The summed E-state index contributed by atoms with van der Waals surface area (Å²) >= 11 is 0. The second-order valence-corrected chi connectivity index (χ2v) is 6.99. The largest absolute Gasteiger partial charge is 0.383 e. The molecule has 3 nitrogen and oxygen atoms in total. The molecule has 0 saturated carbocycles. The first-order valence-corrected chi connectivity index (χ1v) is 9.30. The maximum absolute atomic E-state index is 5.39. The van der Waals surface area contributed by atoms with Crippen molar-refractivity contribution in [3.8, 4) is 0 Å². The minimum absolute atomic E-state index is 0.535.